The van der Waals surface area contributed by atoms with Gasteiger partial charge in [0.25, 0.3) is 0 Å². The Labute approximate surface area is 75.0 Å². The maximum absolute atomic E-state index is 12.7. The fourth-order valence-electron chi connectivity index (χ4n) is 0.943. The van der Waals surface area contributed by atoms with Crippen LogP contribution in [0.1, 0.15) is 12.5 Å². The smallest absolute Gasteiger partial charge is 0.159 e. The van der Waals surface area contributed by atoms with E-state index >= 15 is 0 Å². The first-order valence-corrected chi connectivity index (χ1v) is 3.82. The normalized spacial score (nSPS) is 15.5. The van der Waals surface area contributed by atoms with Gasteiger partial charge in [-0.05, 0) is 24.6 Å². The highest BCUT2D eigenvalue weighted by molar-refractivity contribution is 5.24. The van der Waals surface area contributed by atoms with E-state index in [2.05, 4.69) is 0 Å². The lowest BCUT2D eigenvalue weighted by atomic mass is 9.94. The molecule has 0 saturated heterocycles. The maximum atomic E-state index is 12.7. The van der Waals surface area contributed by atoms with E-state index in [-0.39, 0.29) is 6.61 Å². The Balaban J connectivity index is 3.10. The fourth-order valence-corrected chi connectivity index (χ4v) is 0.943. The summed E-state index contributed by atoms with van der Waals surface area (Å²) in [6.07, 6.45) is 0. The molecular formula is C9H11F2NO. The van der Waals surface area contributed by atoms with E-state index < -0.39 is 17.2 Å². The Morgan fingerprint density at radius 2 is 2.00 bits per heavy atom. The molecule has 13 heavy (non-hydrogen) atoms. The Kier molecular flexibility index (Phi) is 2.63. The Bertz CT molecular complexity index is 312. The average molecular weight is 187 g/mol. The van der Waals surface area contributed by atoms with Crippen LogP contribution in [-0.2, 0) is 5.54 Å². The molecule has 0 saturated carbocycles. The largest absolute Gasteiger partial charge is 0.394 e. The molecule has 1 aromatic carbocycles. The molecule has 1 atom stereocenters. The van der Waals surface area contributed by atoms with E-state index in [0.29, 0.717) is 5.56 Å². The van der Waals surface area contributed by atoms with Crippen LogP contribution in [0.5, 0.6) is 0 Å². The molecule has 1 aromatic rings. The molecule has 0 amide bonds. The van der Waals surface area contributed by atoms with Gasteiger partial charge in [0, 0.05) is 0 Å². The van der Waals surface area contributed by atoms with Crippen molar-refractivity contribution in [2.75, 3.05) is 6.61 Å². The molecule has 1 rings (SSSR count). The molecule has 0 spiro atoms. The van der Waals surface area contributed by atoms with Crippen LogP contribution < -0.4 is 5.73 Å². The van der Waals surface area contributed by atoms with E-state index in [9.17, 15) is 8.78 Å². The van der Waals surface area contributed by atoms with Crippen molar-refractivity contribution in [1.82, 2.24) is 0 Å². The molecule has 4 heteroatoms. The average Bonchev–Trinajstić information content (AvgIpc) is 2.09. The number of rotatable bonds is 2. The number of hydrogen-bond acceptors (Lipinski definition) is 2. The summed E-state index contributed by atoms with van der Waals surface area (Å²) < 4.78 is 25.2. The van der Waals surface area contributed by atoms with Crippen LogP contribution in [0.3, 0.4) is 0 Å². The number of aliphatic hydroxyl groups is 1. The van der Waals surface area contributed by atoms with Crippen molar-refractivity contribution >= 4 is 0 Å². The molecule has 0 heterocycles. The second-order valence-corrected chi connectivity index (χ2v) is 3.20. The summed E-state index contributed by atoms with van der Waals surface area (Å²) in [6.45, 7) is 1.22. The third-order valence-electron chi connectivity index (χ3n) is 1.91. The van der Waals surface area contributed by atoms with Crippen molar-refractivity contribution in [3.8, 4) is 0 Å². The minimum absolute atomic E-state index is 0.321. The van der Waals surface area contributed by atoms with Gasteiger partial charge >= 0.3 is 0 Å². The van der Waals surface area contributed by atoms with Gasteiger partial charge in [-0.15, -0.1) is 0 Å². The zero-order valence-corrected chi connectivity index (χ0v) is 7.22. The summed E-state index contributed by atoms with van der Waals surface area (Å²) >= 11 is 0. The third-order valence-corrected chi connectivity index (χ3v) is 1.91. The highest BCUT2D eigenvalue weighted by atomic mass is 19.2. The van der Waals surface area contributed by atoms with Crippen LogP contribution in [0.2, 0.25) is 0 Å². The van der Waals surface area contributed by atoms with Crippen molar-refractivity contribution in [2.45, 2.75) is 12.5 Å². The Hall–Kier alpha value is -1.00. The first-order chi connectivity index (χ1) is 5.97. The highest BCUT2D eigenvalue weighted by Gasteiger charge is 2.21. The van der Waals surface area contributed by atoms with Crippen molar-refractivity contribution in [1.29, 1.82) is 0 Å². The molecule has 0 radical (unpaired) electrons. The predicted octanol–water partition coefficient (Wildman–Crippen LogP) is 1.13. The number of halogens is 2. The second-order valence-electron chi connectivity index (χ2n) is 3.20. The Morgan fingerprint density at radius 1 is 1.38 bits per heavy atom. The number of benzene rings is 1. The fraction of sp³-hybridized carbons (Fsp3) is 0.333. The first-order valence-electron chi connectivity index (χ1n) is 3.82. The second kappa shape index (κ2) is 3.40. The predicted molar refractivity (Wildman–Crippen MR) is 45.0 cm³/mol. The third kappa shape index (κ3) is 2.02. The molecule has 0 aliphatic heterocycles. The highest BCUT2D eigenvalue weighted by Crippen LogP contribution is 2.19. The molecule has 0 fully saturated rings. The quantitative estimate of drug-likeness (QED) is 0.729. The van der Waals surface area contributed by atoms with Crippen molar-refractivity contribution in [2.24, 2.45) is 5.73 Å². The lowest BCUT2D eigenvalue weighted by Crippen LogP contribution is -2.37. The maximum Gasteiger partial charge on any atom is 0.159 e. The minimum Gasteiger partial charge on any atom is -0.394 e. The van der Waals surface area contributed by atoms with E-state index in [1.165, 1.54) is 6.07 Å². The van der Waals surface area contributed by atoms with Gasteiger partial charge in [0.2, 0.25) is 0 Å². The van der Waals surface area contributed by atoms with Crippen LogP contribution in [0, 0.1) is 11.6 Å². The topological polar surface area (TPSA) is 46.2 Å². The summed E-state index contributed by atoms with van der Waals surface area (Å²) in [5.41, 5.74) is 4.95. The molecule has 0 unspecified atom stereocenters. The molecule has 3 N–H and O–H groups in total. The standard InChI is InChI=1S/C9H11F2NO/c1-9(12,5-13)6-2-3-7(10)8(11)4-6/h2-4,13H,5,12H2,1H3/t9-/m0/s1. The van der Waals surface area contributed by atoms with Gasteiger partial charge in [-0.2, -0.15) is 0 Å². The zero-order valence-electron chi connectivity index (χ0n) is 7.22. The summed E-state index contributed by atoms with van der Waals surface area (Å²) in [7, 11) is 0. The molecule has 0 bridgehead atoms. The number of nitrogens with two attached hydrogens (primary N) is 1. The molecular weight excluding hydrogens is 176 g/mol. The minimum atomic E-state index is -1.03. The summed E-state index contributed by atoms with van der Waals surface area (Å²) in [6, 6.07) is 3.34. The van der Waals surface area contributed by atoms with Gasteiger partial charge in [-0.25, -0.2) is 8.78 Å². The zero-order chi connectivity index (χ0) is 10.1. The van der Waals surface area contributed by atoms with Crippen molar-refractivity contribution in [3.63, 3.8) is 0 Å². The van der Waals surface area contributed by atoms with Crippen LogP contribution in [-0.4, -0.2) is 11.7 Å². The van der Waals surface area contributed by atoms with Crippen molar-refractivity contribution in [3.05, 3.63) is 35.4 Å². The van der Waals surface area contributed by atoms with Crippen LogP contribution >= 0.6 is 0 Å². The van der Waals surface area contributed by atoms with Crippen LogP contribution in [0.4, 0.5) is 8.78 Å². The molecule has 0 aromatic heterocycles. The molecule has 2 nitrogen and oxygen atoms in total. The van der Waals surface area contributed by atoms with Gasteiger partial charge in [-0.1, -0.05) is 6.07 Å². The van der Waals surface area contributed by atoms with Gasteiger partial charge in [0.1, 0.15) is 0 Å². The lowest BCUT2D eigenvalue weighted by molar-refractivity contribution is 0.209. The number of aliphatic hydroxyl groups excluding tert-OH is 1. The SMILES string of the molecule is C[C@](N)(CO)c1ccc(F)c(F)c1. The van der Waals surface area contributed by atoms with Gasteiger partial charge in [-0.3, -0.25) is 0 Å². The summed E-state index contributed by atoms with van der Waals surface area (Å²) in [5.74, 6) is -1.87. The molecule has 72 valence electrons. The first kappa shape index (κ1) is 10.1. The van der Waals surface area contributed by atoms with E-state index in [1.807, 2.05) is 0 Å². The van der Waals surface area contributed by atoms with Gasteiger partial charge < -0.3 is 10.8 Å². The summed E-state index contributed by atoms with van der Waals surface area (Å²) in [5, 5.41) is 8.87. The van der Waals surface area contributed by atoms with Crippen LogP contribution in [0.15, 0.2) is 18.2 Å². The lowest BCUT2D eigenvalue weighted by Gasteiger charge is -2.22. The summed E-state index contributed by atoms with van der Waals surface area (Å²) in [4.78, 5) is 0. The van der Waals surface area contributed by atoms with E-state index in [4.69, 9.17) is 10.8 Å². The Morgan fingerprint density at radius 3 is 2.46 bits per heavy atom. The van der Waals surface area contributed by atoms with Gasteiger partial charge in [0.15, 0.2) is 11.6 Å². The molecule has 0 aliphatic rings. The van der Waals surface area contributed by atoms with Crippen LogP contribution in [0.25, 0.3) is 0 Å². The monoisotopic (exact) mass is 187 g/mol. The van der Waals surface area contributed by atoms with E-state index in [0.717, 1.165) is 12.1 Å². The van der Waals surface area contributed by atoms with Crippen molar-refractivity contribution < 1.29 is 13.9 Å². The molecule has 0 aliphatic carbocycles. The van der Waals surface area contributed by atoms with Gasteiger partial charge in [0.05, 0.1) is 12.1 Å². The van der Waals surface area contributed by atoms with E-state index in [1.54, 1.807) is 6.92 Å². The number of hydrogen-bond donors (Lipinski definition) is 2.